The molecule has 21 heavy (non-hydrogen) atoms. The van der Waals surface area contributed by atoms with Crippen molar-refractivity contribution < 1.29 is 9.13 Å². The zero-order valence-corrected chi connectivity index (χ0v) is 13.4. The van der Waals surface area contributed by atoms with Crippen LogP contribution in [0.2, 0.25) is 0 Å². The minimum Gasteiger partial charge on any atom is -0.377 e. The number of ether oxygens (including phenoxy) is 1. The zero-order chi connectivity index (χ0) is 14.9. The van der Waals surface area contributed by atoms with Crippen molar-refractivity contribution in [3.63, 3.8) is 0 Å². The number of hydrogen-bond donors (Lipinski definition) is 1. The van der Waals surface area contributed by atoms with E-state index in [-0.39, 0.29) is 5.82 Å². The summed E-state index contributed by atoms with van der Waals surface area (Å²) in [7, 11) is 0. The largest absolute Gasteiger partial charge is 0.377 e. The Labute approximate surface area is 133 Å². The lowest BCUT2D eigenvalue weighted by Gasteiger charge is -2.07. The monoisotopic (exact) mass is 351 g/mol. The van der Waals surface area contributed by atoms with Gasteiger partial charge >= 0.3 is 0 Å². The van der Waals surface area contributed by atoms with E-state index in [0.29, 0.717) is 13.2 Å². The lowest BCUT2D eigenvalue weighted by Crippen LogP contribution is -2.16. The van der Waals surface area contributed by atoms with E-state index in [1.54, 1.807) is 0 Å². The van der Waals surface area contributed by atoms with Crippen LogP contribution in [0.1, 0.15) is 17.5 Å². The number of nitrogens with one attached hydrogen (secondary N) is 1. The molecule has 0 saturated heterocycles. The van der Waals surface area contributed by atoms with Crippen LogP contribution >= 0.6 is 15.9 Å². The SMILES string of the molecule is Fc1cc(Br)cc(COCCCNCc2ccccc2)c1. The summed E-state index contributed by atoms with van der Waals surface area (Å²) >= 11 is 3.27. The Kier molecular flexibility index (Phi) is 6.86. The highest BCUT2D eigenvalue weighted by Crippen LogP contribution is 2.15. The van der Waals surface area contributed by atoms with Crippen LogP contribution in [0.5, 0.6) is 0 Å². The van der Waals surface area contributed by atoms with Gasteiger partial charge < -0.3 is 10.1 Å². The Bertz CT molecular complexity index is 527. The Morgan fingerprint density at radius 1 is 1.05 bits per heavy atom. The van der Waals surface area contributed by atoms with Crippen LogP contribution in [-0.4, -0.2) is 13.2 Å². The second-order valence-electron chi connectivity index (χ2n) is 4.85. The van der Waals surface area contributed by atoms with Crippen molar-refractivity contribution in [1.82, 2.24) is 5.32 Å². The molecule has 4 heteroatoms. The first-order valence-electron chi connectivity index (χ1n) is 7.01. The van der Waals surface area contributed by atoms with Gasteiger partial charge in [0.05, 0.1) is 6.61 Å². The summed E-state index contributed by atoms with van der Waals surface area (Å²) in [5, 5.41) is 3.37. The van der Waals surface area contributed by atoms with E-state index in [0.717, 1.165) is 29.5 Å². The number of benzene rings is 2. The third-order valence-electron chi connectivity index (χ3n) is 3.01. The van der Waals surface area contributed by atoms with Gasteiger partial charge in [-0.05, 0) is 42.3 Å². The molecular formula is C17H19BrFNO. The van der Waals surface area contributed by atoms with Crippen molar-refractivity contribution in [2.75, 3.05) is 13.2 Å². The summed E-state index contributed by atoms with van der Waals surface area (Å²) in [6.07, 6.45) is 0.934. The molecule has 0 aliphatic rings. The first kappa shape index (κ1) is 16.1. The Hall–Kier alpha value is -1.23. The zero-order valence-electron chi connectivity index (χ0n) is 11.8. The minimum atomic E-state index is -0.243. The highest BCUT2D eigenvalue weighted by Gasteiger charge is 1.99. The summed E-state index contributed by atoms with van der Waals surface area (Å²) in [4.78, 5) is 0. The van der Waals surface area contributed by atoms with Gasteiger partial charge in [-0.25, -0.2) is 4.39 Å². The van der Waals surface area contributed by atoms with Crippen molar-refractivity contribution in [3.8, 4) is 0 Å². The molecule has 2 nitrogen and oxygen atoms in total. The highest BCUT2D eigenvalue weighted by molar-refractivity contribution is 9.10. The maximum atomic E-state index is 13.2. The van der Waals surface area contributed by atoms with Crippen LogP contribution < -0.4 is 5.32 Å². The van der Waals surface area contributed by atoms with Crippen molar-refractivity contribution in [3.05, 3.63) is 69.9 Å². The summed E-state index contributed by atoms with van der Waals surface area (Å²) in [6, 6.07) is 15.1. The van der Waals surface area contributed by atoms with Crippen molar-refractivity contribution in [1.29, 1.82) is 0 Å². The smallest absolute Gasteiger partial charge is 0.124 e. The van der Waals surface area contributed by atoms with E-state index >= 15 is 0 Å². The molecule has 0 aromatic heterocycles. The number of hydrogen-bond acceptors (Lipinski definition) is 2. The Morgan fingerprint density at radius 2 is 1.86 bits per heavy atom. The van der Waals surface area contributed by atoms with E-state index in [2.05, 4.69) is 33.4 Å². The molecule has 0 aliphatic carbocycles. The fourth-order valence-electron chi connectivity index (χ4n) is 2.01. The maximum absolute atomic E-state index is 13.2. The first-order valence-corrected chi connectivity index (χ1v) is 7.81. The average molecular weight is 352 g/mol. The second-order valence-corrected chi connectivity index (χ2v) is 5.76. The topological polar surface area (TPSA) is 21.3 Å². The molecule has 2 aromatic rings. The van der Waals surface area contributed by atoms with Gasteiger partial charge in [0.2, 0.25) is 0 Å². The fourth-order valence-corrected chi connectivity index (χ4v) is 2.52. The predicted octanol–water partition coefficient (Wildman–Crippen LogP) is 4.28. The first-order chi connectivity index (χ1) is 10.2. The number of rotatable bonds is 8. The van der Waals surface area contributed by atoms with Crippen molar-refractivity contribution in [2.24, 2.45) is 0 Å². The maximum Gasteiger partial charge on any atom is 0.124 e. The van der Waals surface area contributed by atoms with Gasteiger partial charge in [0.15, 0.2) is 0 Å². The van der Waals surface area contributed by atoms with Gasteiger partial charge in [-0.2, -0.15) is 0 Å². The van der Waals surface area contributed by atoms with Crippen LogP contribution in [-0.2, 0) is 17.9 Å². The predicted molar refractivity (Wildman–Crippen MR) is 86.5 cm³/mol. The molecule has 0 fully saturated rings. The highest BCUT2D eigenvalue weighted by atomic mass is 79.9. The fraction of sp³-hybridized carbons (Fsp3) is 0.294. The molecule has 112 valence electrons. The van der Waals surface area contributed by atoms with Gasteiger partial charge in [0.25, 0.3) is 0 Å². The normalized spacial score (nSPS) is 10.8. The van der Waals surface area contributed by atoms with E-state index in [4.69, 9.17) is 4.74 Å². The molecule has 0 spiro atoms. The molecule has 0 unspecified atom stereocenters. The molecule has 0 heterocycles. The molecular weight excluding hydrogens is 333 g/mol. The molecule has 2 rings (SSSR count). The quantitative estimate of drug-likeness (QED) is 0.716. The van der Waals surface area contributed by atoms with Gasteiger partial charge in [-0.3, -0.25) is 0 Å². The lowest BCUT2D eigenvalue weighted by atomic mass is 10.2. The van der Waals surface area contributed by atoms with E-state index in [1.165, 1.54) is 17.7 Å². The summed E-state index contributed by atoms with van der Waals surface area (Å²) < 4.78 is 19.5. The third-order valence-corrected chi connectivity index (χ3v) is 3.46. The Balaban J connectivity index is 1.56. The van der Waals surface area contributed by atoms with Gasteiger partial charge in [0, 0.05) is 17.6 Å². The van der Waals surface area contributed by atoms with Gasteiger partial charge in [0.1, 0.15) is 5.82 Å². The second kappa shape index (κ2) is 8.93. The number of halogens is 2. The average Bonchev–Trinajstić information content (AvgIpc) is 2.46. The molecule has 0 aliphatic heterocycles. The molecule has 0 atom stereocenters. The van der Waals surface area contributed by atoms with Crippen LogP contribution in [0.3, 0.4) is 0 Å². The molecule has 0 amide bonds. The molecule has 0 bridgehead atoms. The molecule has 0 radical (unpaired) electrons. The van der Waals surface area contributed by atoms with Crippen LogP contribution in [0.4, 0.5) is 4.39 Å². The third kappa shape index (κ3) is 6.38. The van der Waals surface area contributed by atoms with Crippen LogP contribution in [0.25, 0.3) is 0 Å². The lowest BCUT2D eigenvalue weighted by molar-refractivity contribution is 0.118. The van der Waals surface area contributed by atoms with E-state index in [1.807, 2.05) is 24.3 Å². The summed E-state index contributed by atoms with van der Waals surface area (Å²) in [5.74, 6) is -0.243. The van der Waals surface area contributed by atoms with Crippen molar-refractivity contribution in [2.45, 2.75) is 19.6 Å². The molecule has 0 saturated carbocycles. The summed E-state index contributed by atoms with van der Waals surface area (Å²) in [5.41, 5.74) is 2.13. The Morgan fingerprint density at radius 3 is 2.62 bits per heavy atom. The van der Waals surface area contributed by atoms with E-state index in [9.17, 15) is 4.39 Å². The minimum absolute atomic E-state index is 0.243. The van der Waals surface area contributed by atoms with Crippen molar-refractivity contribution >= 4 is 15.9 Å². The standard InChI is InChI=1S/C17H19BrFNO/c18-16-9-15(10-17(19)11-16)13-21-8-4-7-20-12-14-5-2-1-3-6-14/h1-3,5-6,9-11,20H,4,7-8,12-13H2. The van der Waals surface area contributed by atoms with Crippen LogP contribution in [0, 0.1) is 5.82 Å². The van der Waals surface area contributed by atoms with E-state index < -0.39 is 0 Å². The molecule has 1 N–H and O–H groups in total. The van der Waals surface area contributed by atoms with Gasteiger partial charge in [-0.1, -0.05) is 46.3 Å². The summed E-state index contributed by atoms with van der Waals surface area (Å²) in [6.45, 7) is 2.88. The van der Waals surface area contributed by atoms with Gasteiger partial charge in [-0.15, -0.1) is 0 Å². The van der Waals surface area contributed by atoms with Crippen LogP contribution in [0.15, 0.2) is 53.0 Å². The molecule has 2 aromatic carbocycles.